The van der Waals surface area contributed by atoms with Gasteiger partial charge in [-0.05, 0) is 12.1 Å². The van der Waals surface area contributed by atoms with Crippen LogP contribution in [0.3, 0.4) is 0 Å². The lowest BCUT2D eigenvalue weighted by Gasteiger charge is -2.06. The molecule has 0 saturated carbocycles. The standard InChI is InChI=1S/C13H15ClN2O3/c1-8(18)15-7-10-4-9-5-11(14)13(19-3-2-17)6-12(9)16-10/h4-6,16-17H,2-3,7H2,1H3,(H,15,18). The lowest BCUT2D eigenvalue weighted by molar-refractivity contribution is -0.119. The molecule has 1 aromatic carbocycles. The zero-order valence-electron chi connectivity index (χ0n) is 10.5. The Kier molecular flexibility index (Phi) is 4.29. The molecular formula is C13H15ClN2O3. The fourth-order valence-electron chi connectivity index (χ4n) is 1.77. The van der Waals surface area contributed by atoms with E-state index in [4.69, 9.17) is 21.4 Å². The number of nitrogens with one attached hydrogen (secondary N) is 2. The summed E-state index contributed by atoms with van der Waals surface area (Å²) in [6.45, 7) is 2.05. The molecule has 1 aromatic heterocycles. The number of hydrogen-bond acceptors (Lipinski definition) is 3. The highest BCUT2D eigenvalue weighted by Gasteiger charge is 2.07. The monoisotopic (exact) mass is 282 g/mol. The number of halogens is 1. The number of aromatic amines is 1. The SMILES string of the molecule is CC(=O)NCc1cc2cc(Cl)c(OCCO)cc2[nH]1. The van der Waals surface area contributed by atoms with Gasteiger partial charge < -0.3 is 20.1 Å². The van der Waals surface area contributed by atoms with Crippen LogP contribution in [0.2, 0.25) is 5.02 Å². The molecule has 5 nitrogen and oxygen atoms in total. The van der Waals surface area contributed by atoms with Gasteiger partial charge in [-0.1, -0.05) is 11.6 Å². The van der Waals surface area contributed by atoms with Crippen LogP contribution >= 0.6 is 11.6 Å². The van der Waals surface area contributed by atoms with Gasteiger partial charge in [-0.2, -0.15) is 0 Å². The minimum Gasteiger partial charge on any atom is -0.490 e. The van der Waals surface area contributed by atoms with Gasteiger partial charge in [0.15, 0.2) is 0 Å². The molecule has 19 heavy (non-hydrogen) atoms. The van der Waals surface area contributed by atoms with Crippen molar-refractivity contribution >= 4 is 28.4 Å². The first-order valence-electron chi connectivity index (χ1n) is 5.89. The van der Waals surface area contributed by atoms with E-state index in [-0.39, 0.29) is 19.1 Å². The van der Waals surface area contributed by atoms with E-state index in [2.05, 4.69) is 10.3 Å². The number of aliphatic hydroxyl groups is 1. The highest BCUT2D eigenvalue weighted by atomic mass is 35.5. The van der Waals surface area contributed by atoms with Gasteiger partial charge in [0.05, 0.1) is 18.2 Å². The summed E-state index contributed by atoms with van der Waals surface area (Å²) < 4.78 is 5.33. The number of H-pyrrole nitrogens is 1. The Morgan fingerprint density at radius 2 is 2.26 bits per heavy atom. The Morgan fingerprint density at radius 3 is 2.95 bits per heavy atom. The number of rotatable bonds is 5. The molecule has 0 radical (unpaired) electrons. The van der Waals surface area contributed by atoms with Gasteiger partial charge in [0.25, 0.3) is 0 Å². The summed E-state index contributed by atoms with van der Waals surface area (Å²) in [7, 11) is 0. The van der Waals surface area contributed by atoms with Crippen molar-refractivity contribution in [3.05, 3.63) is 28.9 Å². The van der Waals surface area contributed by atoms with Gasteiger partial charge in [0.2, 0.25) is 5.91 Å². The number of carbonyl (C=O) groups excluding carboxylic acids is 1. The molecule has 0 aliphatic carbocycles. The van der Waals surface area contributed by atoms with Crippen molar-refractivity contribution in [2.75, 3.05) is 13.2 Å². The third-order valence-corrected chi connectivity index (χ3v) is 2.90. The Bertz CT molecular complexity index is 595. The van der Waals surface area contributed by atoms with Crippen LogP contribution in [0.4, 0.5) is 0 Å². The van der Waals surface area contributed by atoms with E-state index in [0.29, 0.717) is 17.3 Å². The highest BCUT2D eigenvalue weighted by molar-refractivity contribution is 6.32. The van der Waals surface area contributed by atoms with Crippen LogP contribution in [0.15, 0.2) is 18.2 Å². The van der Waals surface area contributed by atoms with E-state index in [0.717, 1.165) is 16.6 Å². The van der Waals surface area contributed by atoms with Crippen LogP contribution in [0.1, 0.15) is 12.6 Å². The molecule has 0 atom stereocenters. The maximum Gasteiger partial charge on any atom is 0.217 e. The van der Waals surface area contributed by atoms with Gasteiger partial charge in [-0.15, -0.1) is 0 Å². The molecule has 1 heterocycles. The van der Waals surface area contributed by atoms with Crippen molar-refractivity contribution in [3.63, 3.8) is 0 Å². The summed E-state index contributed by atoms with van der Waals surface area (Å²) in [5, 5.41) is 12.9. The van der Waals surface area contributed by atoms with Gasteiger partial charge in [0, 0.05) is 29.6 Å². The summed E-state index contributed by atoms with van der Waals surface area (Å²) in [6.07, 6.45) is 0. The molecule has 0 aliphatic rings. The second kappa shape index (κ2) is 5.95. The van der Waals surface area contributed by atoms with E-state index in [1.165, 1.54) is 6.92 Å². The lowest BCUT2D eigenvalue weighted by Crippen LogP contribution is -2.18. The molecule has 1 amide bonds. The number of hydrogen-bond donors (Lipinski definition) is 3. The number of fused-ring (bicyclic) bond motifs is 1. The maximum atomic E-state index is 10.9. The number of amides is 1. The Hall–Kier alpha value is -1.72. The topological polar surface area (TPSA) is 74.3 Å². The first-order valence-corrected chi connectivity index (χ1v) is 6.27. The van der Waals surface area contributed by atoms with Gasteiger partial charge in [-0.3, -0.25) is 4.79 Å². The van der Waals surface area contributed by atoms with Crippen molar-refractivity contribution in [1.29, 1.82) is 0 Å². The zero-order chi connectivity index (χ0) is 13.8. The number of benzene rings is 1. The third kappa shape index (κ3) is 3.39. The van der Waals surface area contributed by atoms with Crippen molar-refractivity contribution in [2.45, 2.75) is 13.5 Å². The maximum absolute atomic E-state index is 10.9. The van der Waals surface area contributed by atoms with Gasteiger partial charge in [-0.25, -0.2) is 0 Å². The van der Waals surface area contributed by atoms with Crippen LogP contribution in [0.5, 0.6) is 5.75 Å². The molecule has 0 saturated heterocycles. The van der Waals surface area contributed by atoms with E-state index < -0.39 is 0 Å². The molecule has 2 aromatic rings. The zero-order valence-corrected chi connectivity index (χ0v) is 11.3. The van der Waals surface area contributed by atoms with Crippen LogP contribution in [-0.4, -0.2) is 29.2 Å². The van der Waals surface area contributed by atoms with Gasteiger partial charge >= 0.3 is 0 Å². The number of aliphatic hydroxyl groups excluding tert-OH is 1. The molecule has 0 bridgehead atoms. The predicted molar refractivity (Wildman–Crippen MR) is 73.4 cm³/mol. The molecule has 3 N–H and O–H groups in total. The van der Waals surface area contributed by atoms with Crippen molar-refractivity contribution in [2.24, 2.45) is 0 Å². The average molecular weight is 283 g/mol. The minimum atomic E-state index is -0.0799. The summed E-state index contributed by atoms with van der Waals surface area (Å²) >= 11 is 6.09. The largest absolute Gasteiger partial charge is 0.490 e. The molecular weight excluding hydrogens is 268 g/mol. The van der Waals surface area contributed by atoms with Gasteiger partial charge in [0.1, 0.15) is 12.4 Å². The molecule has 6 heteroatoms. The fraction of sp³-hybridized carbons (Fsp3) is 0.308. The van der Waals surface area contributed by atoms with E-state index in [1.54, 1.807) is 12.1 Å². The average Bonchev–Trinajstić information content (AvgIpc) is 2.75. The van der Waals surface area contributed by atoms with Crippen molar-refractivity contribution in [1.82, 2.24) is 10.3 Å². The minimum absolute atomic E-state index is 0.0626. The summed E-state index contributed by atoms with van der Waals surface area (Å²) in [6, 6.07) is 5.49. The van der Waals surface area contributed by atoms with E-state index in [1.807, 2.05) is 6.07 Å². The molecule has 102 valence electrons. The van der Waals surface area contributed by atoms with E-state index in [9.17, 15) is 4.79 Å². The smallest absolute Gasteiger partial charge is 0.217 e. The second-order valence-corrected chi connectivity index (χ2v) is 4.55. The Morgan fingerprint density at radius 1 is 1.47 bits per heavy atom. The number of aromatic nitrogens is 1. The molecule has 0 fully saturated rings. The molecule has 0 aliphatic heterocycles. The predicted octanol–water partition coefficient (Wildman–Crippen LogP) is 1.83. The number of carbonyl (C=O) groups is 1. The van der Waals surface area contributed by atoms with Crippen LogP contribution < -0.4 is 10.1 Å². The molecule has 0 unspecified atom stereocenters. The highest BCUT2D eigenvalue weighted by Crippen LogP contribution is 2.30. The quantitative estimate of drug-likeness (QED) is 0.783. The first-order chi connectivity index (χ1) is 9.10. The van der Waals surface area contributed by atoms with Crippen molar-refractivity contribution < 1.29 is 14.6 Å². The second-order valence-electron chi connectivity index (χ2n) is 4.15. The third-order valence-electron chi connectivity index (χ3n) is 2.61. The summed E-state index contributed by atoms with van der Waals surface area (Å²) in [5.74, 6) is 0.444. The normalized spacial score (nSPS) is 10.7. The molecule has 2 rings (SSSR count). The fourth-order valence-corrected chi connectivity index (χ4v) is 2.00. The van der Waals surface area contributed by atoms with Crippen LogP contribution in [0, 0.1) is 0 Å². The Labute approximate surface area is 115 Å². The Balaban J connectivity index is 2.24. The van der Waals surface area contributed by atoms with Crippen LogP contribution in [-0.2, 0) is 11.3 Å². The lowest BCUT2D eigenvalue weighted by atomic mass is 10.2. The summed E-state index contributed by atoms with van der Waals surface area (Å²) in [5.41, 5.74) is 1.76. The van der Waals surface area contributed by atoms with Crippen molar-refractivity contribution in [3.8, 4) is 5.75 Å². The molecule has 0 spiro atoms. The summed E-state index contributed by atoms with van der Waals surface area (Å²) in [4.78, 5) is 14.0. The van der Waals surface area contributed by atoms with E-state index >= 15 is 0 Å². The van der Waals surface area contributed by atoms with Crippen LogP contribution in [0.25, 0.3) is 10.9 Å². The number of ether oxygens (including phenoxy) is 1. The first kappa shape index (κ1) is 13.7.